The number of anilines is 3. The summed E-state index contributed by atoms with van der Waals surface area (Å²) in [6.45, 7) is 8.80. The van der Waals surface area contributed by atoms with Crippen molar-refractivity contribution in [3.63, 3.8) is 0 Å². The minimum Gasteiger partial charge on any atom is -0.341 e. The lowest BCUT2D eigenvalue weighted by molar-refractivity contribution is 0.284. The molecule has 2 fully saturated rings. The van der Waals surface area contributed by atoms with Gasteiger partial charge >= 0.3 is 0 Å². The first-order chi connectivity index (χ1) is 13.9. The molecule has 0 amide bonds. The Labute approximate surface area is 175 Å². The van der Waals surface area contributed by atoms with Gasteiger partial charge in [-0.15, -0.1) is 11.3 Å². The molecule has 29 heavy (non-hydrogen) atoms. The van der Waals surface area contributed by atoms with Crippen LogP contribution in [0.4, 0.5) is 17.6 Å². The molecule has 0 spiro atoms. The van der Waals surface area contributed by atoms with Crippen molar-refractivity contribution < 1.29 is 0 Å². The summed E-state index contributed by atoms with van der Waals surface area (Å²) >= 11 is 1.72. The Hall–Kier alpha value is -2.19. The second-order valence-electron chi connectivity index (χ2n) is 8.83. The van der Waals surface area contributed by atoms with Gasteiger partial charge in [-0.2, -0.15) is 10.1 Å². The SMILES string of the molecule is CCC1CC(N(C)c2nc(Nc3cc(C)[nH]n3)c3cc(C)sc3n2)CC2N[C@]12C. The fraction of sp³-hybridized carbons (Fsp3) is 0.571. The van der Waals surface area contributed by atoms with Crippen LogP contribution >= 0.6 is 11.3 Å². The van der Waals surface area contributed by atoms with Crippen LogP contribution in [0.5, 0.6) is 0 Å². The van der Waals surface area contributed by atoms with Crippen molar-refractivity contribution in [3.8, 4) is 0 Å². The molecule has 1 saturated heterocycles. The first-order valence-corrected chi connectivity index (χ1v) is 11.3. The third-order valence-corrected chi connectivity index (χ3v) is 7.80. The van der Waals surface area contributed by atoms with Crippen molar-refractivity contribution in [3.05, 3.63) is 22.7 Å². The zero-order chi connectivity index (χ0) is 20.3. The third-order valence-electron chi connectivity index (χ3n) is 6.85. The molecule has 4 heterocycles. The van der Waals surface area contributed by atoms with Crippen LogP contribution < -0.4 is 15.5 Å². The quantitative estimate of drug-likeness (QED) is 0.547. The maximum atomic E-state index is 4.94. The van der Waals surface area contributed by atoms with Gasteiger partial charge in [-0.25, -0.2) is 4.98 Å². The van der Waals surface area contributed by atoms with E-state index in [9.17, 15) is 0 Å². The topological polar surface area (TPSA) is 91.7 Å². The predicted molar refractivity (Wildman–Crippen MR) is 119 cm³/mol. The number of fused-ring (bicyclic) bond motifs is 2. The Morgan fingerprint density at radius 2 is 2.10 bits per heavy atom. The number of nitrogens with zero attached hydrogens (tertiary/aromatic N) is 4. The summed E-state index contributed by atoms with van der Waals surface area (Å²) in [6, 6.07) is 5.21. The van der Waals surface area contributed by atoms with Crippen LogP contribution in [-0.4, -0.2) is 44.8 Å². The number of hydrogen-bond donors (Lipinski definition) is 3. The van der Waals surface area contributed by atoms with Crippen molar-refractivity contribution in [2.45, 2.75) is 64.6 Å². The summed E-state index contributed by atoms with van der Waals surface area (Å²) in [7, 11) is 2.15. The van der Waals surface area contributed by atoms with Crippen molar-refractivity contribution in [2.24, 2.45) is 5.92 Å². The van der Waals surface area contributed by atoms with Crippen molar-refractivity contribution in [2.75, 3.05) is 17.3 Å². The molecule has 3 N–H and O–H groups in total. The molecule has 8 heteroatoms. The first-order valence-electron chi connectivity index (χ1n) is 10.4. The van der Waals surface area contributed by atoms with Gasteiger partial charge in [0.05, 0.1) is 5.39 Å². The summed E-state index contributed by atoms with van der Waals surface area (Å²) in [5.41, 5.74) is 1.36. The van der Waals surface area contributed by atoms with E-state index in [-0.39, 0.29) is 0 Å². The summed E-state index contributed by atoms with van der Waals surface area (Å²) in [5, 5.41) is 15.5. The summed E-state index contributed by atoms with van der Waals surface area (Å²) in [6.07, 6.45) is 3.54. The van der Waals surface area contributed by atoms with E-state index in [0.29, 0.717) is 23.5 Å². The van der Waals surface area contributed by atoms with E-state index in [2.05, 4.69) is 59.6 Å². The Morgan fingerprint density at radius 1 is 1.28 bits per heavy atom. The highest BCUT2D eigenvalue weighted by molar-refractivity contribution is 7.18. The van der Waals surface area contributed by atoms with Crippen LogP contribution in [0.3, 0.4) is 0 Å². The van der Waals surface area contributed by atoms with E-state index < -0.39 is 0 Å². The normalized spacial score (nSPS) is 28.4. The van der Waals surface area contributed by atoms with E-state index in [1.807, 2.05) is 13.0 Å². The van der Waals surface area contributed by atoms with Crippen LogP contribution in [0.15, 0.2) is 12.1 Å². The Bertz CT molecular complexity index is 1060. The maximum Gasteiger partial charge on any atom is 0.228 e. The van der Waals surface area contributed by atoms with Gasteiger partial charge in [-0.1, -0.05) is 13.3 Å². The van der Waals surface area contributed by atoms with Gasteiger partial charge in [0.1, 0.15) is 10.6 Å². The molecule has 1 aliphatic heterocycles. The number of hydrogen-bond acceptors (Lipinski definition) is 7. The Morgan fingerprint density at radius 3 is 2.83 bits per heavy atom. The smallest absolute Gasteiger partial charge is 0.228 e. The van der Waals surface area contributed by atoms with E-state index in [1.54, 1.807) is 11.3 Å². The molecule has 3 unspecified atom stereocenters. The highest BCUT2D eigenvalue weighted by Crippen LogP contribution is 2.47. The van der Waals surface area contributed by atoms with Crippen LogP contribution in [-0.2, 0) is 0 Å². The van der Waals surface area contributed by atoms with Crippen LogP contribution in [0.2, 0.25) is 0 Å². The molecule has 1 saturated carbocycles. The largest absolute Gasteiger partial charge is 0.341 e. The molecule has 0 aromatic carbocycles. The van der Waals surface area contributed by atoms with Gasteiger partial charge in [-0.05, 0) is 45.6 Å². The van der Waals surface area contributed by atoms with Gasteiger partial charge in [0.25, 0.3) is 0 Å². The van der Waals surface area contributed by atoms with Gasteiger partial charge in [0, 0.05) is 41.3 Å². The molecule has 5 rings (SSSR count). The number of nitrogens with one attached hydrogen (secondary N) is 3. The minimum absolute atomic E-state index is 0.340. The average Bonchev–Trinajstić information content (AvgIpc) is 2.97. The zero-order valence-electron chi connectivity index (χ0n) is 17.7. The van der Waals surface area contributed by atoms with Crippen LogP contribution in [0.25, 0.3) is 10.2 Å². The van der Waals surface area contributed by atoms with Gasteiger partial charge in [-0.3, -0.25) is 5.10 Å². The van der Waals surface area contributed by atoms with E-state index >= 15 is 0 Å². The van der Waals surface area contributed by atoms with Crippen LogP contribution in [0.1, 0.15) is 43.7 Å². The fourth-order valence-electron chi connectivity index (χ4n) is 4.94. The van der Waals surface area contributed by atoms with Crippen molar-refractivity contribution in [1.29, 1.82) is 0 Å². The number of H-pyrrole nitrogens is 1. The Balaban J connectivity index is 1.48. The second kappa shape index (κ2) is 6.67. The lowest BCUT2D eigenvalue weighted by Gasteiger charge is -2.37. The number of aromatic nitrogens is 4. The molecule has 154 valence electrons. The predicted octanol–water partition coefficient (Wildman–Crippen LogP) is 4.13. The first kappa shape index (κ1) is 18.8. The fourth-order valence-corrected chi connectivity index (χ4v) is 5.81. The zero-order valence-corrected chi connectivity index (χ0v) is 18.5. The minimum atomic E-state index is 0.340. The molecule has 0 bridgehead atoms. The summed E-state index contributed by atoms with van der Waals surface area (Å²) < 4.78 is 0. The highest BCUT2D eigenvalue weighted by Gasteiger charge is 2.58. The molecule has 7 nitrogen and oxygen atoms in total. The van der Waals surface area contributed by atoms with Gasteiger partial charge in [0.2, 0.25) is 5.95 Å². The number of aryl methyl sites for hydroxylation is 2. The number of aromatic amines is 1. The van der Waals surface area contributed by atoms with Crippen LogP contribution in [0, 0.1) is 19.8 Å². The molecule has 0 radical (unpaired) electrons. The lowest BCUT2D eigenvalue weighted by Crippen LogP contribution is -2.43. The molecular weight excluding hydrogens is 382 g/mol. The average molecular weight is 412 g/mol. The van der Waals surface area contributed by atoms with E-state index in [0.717, 1.165) is 39.9 Å². The molecule has 3 aromatic rings. The van der Waals surface area contributed by atoms with Gasteiger partial charge < -0.3 is 15.5 Å². The van der Waals surface area contributed by atoms with Crippen molar-refractivity contribution in [1.82, 2.24) is 25.5 Å². The molecule has 3 aromatic heterocycles. The molecular formula is C21H29N7S. The molecule has 2 aliphatic rings. The lowest BCUT2D eigenvalue weighted by atomic mass is 9.76. The van der Waals surface area contributed by atoms with E-state index in [4.69, 9.17) is 9.97 Å². The maximum absolute atomic E-state index is 4.94. The van der Waals surface area contributed by atoms with Gasteiger partial charge in [0.15, 0.2) is 5.82 Å². The molecule has 1 aliphatic carbocycles. The van der Waals surface area contributed by atoms with E-state index in [1.165, 1.54) is 17.7 Å². The monoisotopic (exact) mass is 411 g/mol. The highest BCUT2D eigenvalue weighted by atomic mass is 32.1. The Kier molecular flexibility index (Phi) is 4.33. The standard InChI is InChI=1S/C21H29N7S/c1-6-13-9-14(10-16-21(13,4)25-16)28(5)20-23-18(22-17-7-11(2)26-27-17)15-8-12(3)29-19(15)24-20/h7-8,13-14,16,25H,6,9-10H2,1-5H3,(H2,22,23,24,26,27)/t13?,14?,16?,21-/m1/s1. The summed E-state index contributed by atoms with van der Waals surface area (Å²) in [5.74, 6) is 3.09. The summed E-state index contributed by atoms with van der Waals surface area (Å²) in [4.78, 5) is 14.4. The second-order valence-corrected chi connectivity index (χ2v) is 10.1. The van der Waals surface area contributed by atoms with Crippen molar-refractivity contribution >= 4 is 39.1 Å². The third kappa shape index (κ3) is 3.18. The number of thiophene rings is 1. The molecule has 4 atom stereocenters. The number of rotatable bonds is 5.